The van der Waals surface area contributed by atoms with E-state index in [0.717, 1.165) is 26.2 Å². The first-order chi connectivity index (χ1) is 7.83. The molecule has 3 nitrogen and oxygen atoms in total. The van der Waals surface area contributed by atoms with E-state index in [1.54, 1.807) is 18.2 Å². The van der Waals surface area contributed by atoms with Crippen molar-refractivity contribution in [2.24, 2.45) is 0 Å². The zero-order chi connectivity index (χ0) is 11.4. The molecule has 2 N–H and O–H groups in total. The Hall–Kier alpha value is -1.13. The summed E-state index contributed by atoms with van der Waals surface area (Å²) in [7, 11) is 0. The molecule has 2 rings (SSSR count). The fourth-order valence-electron chi connectivity index (χ4n) is 2.14. The molecule has 1 aromatic rings. The number of nitrogens with one attached hydrogen (secondary N) is 1. The minimum atomic E-state index is -0.461. The van der Waals surface area contributed by atoms with Gasteiger partial charge in [0.15, 0.2) is 0 Å². The number of piperazine rings is 1. The lowest BCUT2D eigenvalue weighted by Crippen LogP contribution is -2.45. The van der Waals surface area contributed by atoms with Crippen LogP contribution < -0.4 is 5.32 Å². The maximum Gasteiger partial charge on any atom is 0.120 e. The van der Waals surface area contributed by atoms with Gasteiger partial charge in [0.05, 0.1) is 6.04 Å². The maximum atomic E-state index is 13.1. The van der Waals surface area contributed by atoms with Gasteiger partial charge in [-0.15, -0.1) is 0 Å². The zero-order valence-corrected chi connectivity index (χ0v) is 9.19. The number of nitrogens with zero attached hydrogens (tertiary/aromatic N) is 1. The molecular formula is C12H17FN2O. The molecule has 1 fully saturated rings. The summed E-state index contributed by atoms with van der Waals surface area (Å²) >= 11 is 0. The van der Waals surface area contributed by atoms with Crippen molar-refractivity contribution in [2.45, 2.75) is 6.04 Å². The minimum Gasteiger partial charge on any atom is -0.508 e. The van der Waals surface area contributed by atoms with Crippen LogP contribution in [-0.4, -0.2) is 42.9 Å². The van der Waals surface area contributed by atoms with E-state index in [2.05, 4.69) is 10.2 Å². The molecule has 0 unspecified atom stereocenters. The highest BCUT2D eigenvalue weighted by Gasteiger charge is 2.23. The highest BCUT2D eigenvalue weighted by Crippen LogP contribution is 2.28. The summed E-state index contributed by atoms with van der Waals surface area (Å²) in [6.07, 6.45) is 0. The monoisotopic (exact) mass is 224 g/mol. The lowest BCUT2D eigenvalue weighted by atomic mass is 10.0. The molecule has 0 saturated carbocycles. The zero-order valence-electron chi connectivity index (χ0n) is 9.19. The number of phenolic OH excluding ortho intramolecular Hbond substituents is 1. The molecule has 1 aliphatic heterocycles. The molecule has 1 atom stereocenters. The van der Waals surface area contributed by atoms with Crippen molar-refractivity contribution in [1.29, 1.82) is 0 Å². The first-order valence-electron chi connectivity index (χ1n) is 5.61. The van der Waals surface area contributed by atoms with Crippen LogP contribution in [0.4, 0.5) is 4.39 Å². The summed E-state index contributed by atoms with van der Waals surface area (Å²) in [6.45, 7) is 2.94. The number of hydrogen-bond donors (Lipinski definition) is 2. The summed E-state index contributed by atoms with van der Waals surface area (Å²) in [5.74, 6) is 0.184. The van der Waals surface area contributed by atoms with Crippen LogP contribution >= 0.6 is 0 Å². The van der Waals surface area contributed by atoms with Crippen molar-refractivity contribution in [1.82, 2.24) is 10.2 Å². The van der Waals surface area contributed by atoms with Crippen molar-refractivity contribution < 1.29 is 9.50 Å². The molecule has 0 radical (unpaired) electrons. The topological polar surface area (TPSA) is 35.5 Å². The van der Waals surface area contributed by atoms with Gasteiger partial charge in [-0.05, 0) is 6.07 Å². The number of rotatable bonds is 3. The first-order valence-corrected chi connectivity index (χ1v) is 5.61. The number of halogens is 1. The lowest BCUT2D eigenvalue weighted by molar-refractivity contribution is 0.145. The average Bonchev–Trinajstić information content (AvgIpc) is 2.34. The molecule has 4 heteroatoms. The van der Waals surface area contributed by atoms with Gasteiger partial charge in [0.25, 0.3) is 0 Å². The Morgan fingerprint density at radius 2 is 2.00 bits per heavy atom. The second-order valence-corrected chi connectivity index (χ2v) is 4.01. The van der Waals surface area contributed by atoms with Crippen LogP contribution in [0.5, 0.6) is 5.75 Å². The average molecular weight is 224 g/mol. The van der Waals surface area contributed by atoms with Crippen molar-refractivity contribution in [3.63, 3.8) is 0 Å². The molecule has 16 heavy (non-hydrogen) atoms. The van der Waals surface area contributed by atoms with E-state index in [-0.39, 0.29) is 11.8 Å². The van der Waals surface area contributed by atoms with E-state index in [4.69, 9.17) is 0 Å². The third-order valence-electron chi connectivity index (χ3n) is 3.03. The summed E-state index contributed by atoms with van der Waals surface area (Å²) in [5.41, 5.74) is 0.687. The molecule has 0 aromatic heterocycles. The molecule has 88 valence electrons. The number of para-hydroxylation sites is 1. The van der Waals surface area contributed by atoms with E-state index in [1.165, 1.54) is 0 Å². The molecule has 0 bridgehead atoms. The number of alkyl halides is 1. The molecule has 0 spiro atoms. The standard InChI is InChI=1S/C12H17FN2O/c13-9-11(15-7-5-14-6-8-15)10-3-1-2-4-12(10)16/h1-4,11,14,16H,5-9H2/t11-/m1/s1. The summed E-state index contributed by atoms with van der Waals surface area (Å²) in [6, 6.07) is 6.68. The predicted octanol–water partition coefficient (Wildman–Crippen LogP) is 1.31. The van der Waals surface area contributed by atoms with Gasteiger partial charge in [-0.25, -0.2) is 4.39 Å². The van der Waals surface area contributed by atoms with Gasteiger partial charge in [0.1, 0.15) is 12.4 Å². The largest absolute Gasteiger partial charge is 0.508 e. The van der Waals surface area contributed by atoms with E-state index in [9.17, 15) is 9.50 Å². The van der Waals surface area contributed by atoms with E-state index in [1.807, 2.05) is 6.07 Å². The predicted molar refractivity (Wildman–Crippen MR) is 61.3 cm³/mol. The Labute approximate surface area is 94.9 Å². The van der Waals surface area contributed by atoms with Crippen LogP contribution in [0.2, 0.25) is 0 Å². The van der Waals surface area contributed by atoms with Crippen LogP contribution in [0.15, 0.2) is 24.3 Å². The number of benzene rings is 1. The van der Waals surface area contributed by atoms with Gasteiger partial charge in [0.2, 0.25) is 0 Å². The molecule has 1 aromatic carbocycles. The first kappa shape index (κ1) is 11.4. The Bertz CT molecular complexity index is 340. The second kappa shape index (κ2) is 5.27. The highest BCUT2D eigenvalue weighted by molar-refractivity contribution is 5.34. The van der Waals surface area contributed by atoms with Crippen molar-refractivity contribution in [3.05, 3.63) is 29.8 Å². The van der Waals surface area contributed by atoms with Gasteiger partial charge in [-0.2, -0.15) is 0 Å². The SMILES string of the molecule is Oc1ccccc1[C@@H](CF)N1CCNCC1. The summed E-state index contributed by atoms with van der Waals surface area (Å²) in [5, 5.41) is 13.0. The van der Waals surface area contributed by atoms with E-state index in [0.29, 0.717) is 5.56 Å². The van der Waals surface area contributed by atoms with Crippen molar-refractivity contribution in [2.75, 3.05) is 32.9 Å². The highest BCUT2D eigenvalue weighted by atomic mass is 19.1. The molecule has 0 amide bonds. The Balaban J connectivity index is 2.18. The van der Waals surface area contributed by atoms with Crippen molar-refractivity contribution in [3.8, 4) is 5.75 Å². The smallest absolute Gasteiger partial charge is 0.120 e. The van der Waals surface area contributed by atoms with Crippen LogP contribution in [0.3, 0.4) is 0 Å². The third kappa shape index (κ3) is 2.33. The van der Waals surface area contributed by atoms with E-state index >= 15 is 0 Å². The number of aromatic hydroxyl groups is 1. The lowest BCUT2D eigenvalue weighted by Gasteiger charge is -2.33. The minimum absolute atomic E-state index is 0.184. The van der Waals surface area contributed by atoms with Crippen molar-refractivity contribution >= 4 is 0 Å². The van der Waals surface area contributed by atoms with Gasteiger partial charge in [0, 0.05) is 31.7 Å². The summed E-state index contributed by atoms with van der Waals surface area (Å²) in [4.78, 5) is 2.07. The van der Waals surface area contributed by atoms with Gasteiger partial charge in [-0.3, -0.25) is 4.90 Å². The molecule has 0 aliphatic carbocycles. The van der Waals surface area contributed by atoms with Crippen LogP contribution in [0.25, 0.3) is 0 Å². The van der Waals surface area contributed by atoms with Crippen LogP contribution in [0.1, 0.15) is 11.6 Å². The molecular weight excluding hydrogens is 207 g/mol. The van der Waals surface area contributed by atoms with Gasteiger partial charge in [-0.1, -0.05) is 18.2 Å². The third-order valence-corrected chi connectivity index (χ3v) is 3.03. The van der Waals surface area contributed by atoms with Crippen LogP contribution in [0, 0.1) is 0 Å². The van der Waals surface area contributed by atoms with Gasteiger partial charge < -0.3 is 10.4 Å². The Kier molecular flexibility index (Phi) is 3.74. The summed E-state index contributed by atoms with van der Waals surface area (Å²) < 4.78 is 13.1. The second-order valence-electron chi connectivity index (χ2n) is 4.01. The maximum absolute atomic E-state index is 13.1. The number of phenols is 1. The normalized spacial score (nSPS) is 19.6. The van der Waals surface area contributed by atoms with Crippen LogP contribution in [-0.2, 0) is 0 Å². The fraction of sp³-hybridized carbons (Fsp3) is 0.500. The van der Waals surface area contributed by atoms with E-state index < -0.39 is 6.67 Å². The molecule has 1 aliphatic rings. The number of hydrogen-bond acceptors (Lipinski definition) is 3. The quantitative estimate of drug-likeness (QED) is 0.812. The molecule has 1 saturated heterocycles. The Morgan fingerprint density at radius 1 is 1.31 bits per heavy atom. The Morgan fingerprint density at radius 3 is 2.62 bits per heavy atom. The molecule has 1 heterocycles. The fourth-order valence-corrected chi connectivity index (χ4v) is 2.14. The van der Waals surface area contributed by atoms with Gasteiger partial charge >= 0.3 is 0 Å².